The van der Waals surface area contributed by atoms with Crippen LogP contribution in [-0.2, 0) is 13.0 Å². The van der Waals surface area contributed by atoms with Crippen LogP contribution in [0.4, 0.5) is 13.2 Å². The van der Waals surface area contributed by atoms with E-state index in [4.69, 9.17) is 0 Å². The van der Waals surface area contributed by atoms with Crippen LogP contribution >= 0.6 is 0 Å². The summed E-state index contributed by atoms with van der Waals surface area (Å²) in [5.41, 5.74) is 0.171. The van der Waals surface area contributed by atoms with Gasteiger partial charge in [0.05, 0.1) is 17.7 Å². The van der Waals surface area contributed by atoms with Crippen LogP contribution in [-0.4, -0.2) is 27.5 Å². The Bertz CT molecular complexity index is 781. The molecular weight excluding hydrogens is 287 g/mol. The van der Waals surface area contributed by atoms with Crippen molar-refractivity contribution in [2.45, 2.75) is 13.0 Å². The quantitative estimate of drug-likeness (QED) is 0.779. The van der Waals surface area contributed by atoms with Crippen LogP contribution in [0.15, 0.2) is 16.9 Å². The number of hydrogen-bond donors (Lipinski definition) is 2. The second kappa shape index (κ2) is 4.80. The minimum absolute atomic E-state index is 0.00850. The molecule has 3 rings (SSSR count). The predicted molar refractivity (Wildman–Crippen MR) is 66.2 cm³/mol. The van der Waals surface area contributed by atoms with Gasteiger partial charge in [0, 0.05) is 18.7 Å². The van der Waals surface area contributed by atoms with E-state index in [9.17, 15) is 22.8 Å². The second-order valence-corrected chi connectivity index (χ2v) is 4.74. The van der Waals surface area contributed by atoms with E-state index in [1.807, 2.05) is 0 Å². The Morgan fingerprint density at radius 1 is 1.14 bits per heavy atom. The van der Waals surface area contributed by atoms with Gasteiger partial charge in [-0.1, -0.05) is 0 Å². The fraction of sp³-hybridized carbons (Fsp3) is 0.231. The first-order valence-corrected chi connectivity index (χ1v) is 6.20. The van der Waals surface area contributed by atoms with Crippen molar-refractivity contribution in [1.82, 2.24) is 15.1 Å². The van der Waals surface area contributed by atoms with Gasteiger partial charge < -0.3 is 10.00 Å². The lowest BCUT2D eigenvalue weighted by molar-refractivity contribution is 0.0727. The summed E-state index contributed by atoms with van der Waals surface area (Å²) in [7, 11) is 0. The molecule has 1 aliphatic heterocycles. The highest BCUT2D eigenvalue weighted by Gasteiger charge is 2.28. The molecule has 21 heavy (non-hydrogen) atoms. The van der Waals surface area contributed by atoms with Crippen LogP contribution in [0.3, 0.4) is 0 Å². The number of aromatic nitrogens is 2. The molecular formula is C13H10F3N3O2. The number of carbonyl (C=O) groups excluding carboxylic acids is 1. The number of nitrogens with one attached hydrogen (secondary N) is 2. The van der Waals surface area contributed by atoms with Crippen LogP contribution < -0.4 is 5.56 Å². The van der Waals surface area contributed by atoms with Crippen molar-refractivity contribution >= 4 is 5.91 Å². The number of benzene rings is 1. The molecule has 1 aliphatic rings. The molecule has 2 N–H and O–H groups in total. The lowest BCUT2D eigenvalue weighted by Gasteiger charge is -2.26. The summed E-state index contributed by atoms with van der Waals surface area (Å²) in [5, 5.41) is 5.10. The van der Waals surface area contributed by atoms with Crippen molar-refractivity contribution in [3.8, 4) is 0 Å². The second-order valence-electron chi connectivity index (χ2n) is 4.74. The number of amides is 1. The van der Waals surface area contributed by atoms with Gasteiger partial charge in [0.15, 0.2) is 17.5 Å². The average molecular weight is 297 g/mol. The molecule has 2 aromatic rings. The Hall–Kier alpha value is -2.51. The summed E-state index contributed by atoms with van der Waals surface area (Å²) in [6.45, 7) is 0.240. The molecule has 0 fully saturated rings. The Labute approximate surface area is 116 Å². The van der Waals surface area contributed by atoms with Crippen LogP contribution in [0, 0.1) is 17.5 Å². The van der Waals surface area contributed by atoms with Crippen LogP contribution in [0.1, 0.15) is 21.6 Å². The summed E-state index contributed by atoms with van der Waals surface area (Å²) in [5.74, 6) is -5.34. The summed E-state index contributed by atoms with van der Waals surface area (Å²) in [6, 6.07) is 1.59. The van der Waals surface area contributed by atoms with E-state index in [0.29, 0.717) is 23.7 Å². The van der Waals surface area contributed by atoms with E-state index in [-0.39, 0.29) is 18.6 Å². The molecule has 0 saturated heterocycles. The smallest absolute Gasteiger partial charge is 0.269 e. The van der Waals surface area contributed by atoms with Crippen molar-refractivity contribution < 1.29 is 18.0 Å². The topological polar surface area (TPSA) is 69.0 Å². The maximum Gasteiger partial charge on any atom is 0.269 e. The standard InChI is InChI=1S/C13H10F3N3O2/c14-8-2-1-6(10(15)11(8)16)13(21)19-4-3-9-7(5-19)12(20)18-17-9/h1-2H,3-5H2,(H2,17,18,20). The lowest BCUT2D eigenvalue weighted by atomic mass is 10.1. The van der Waals surface area contributed by atoms with Crippen molar-refractivity contribution in [1.29, 1.82) is 0 Å². The SMILES string of the molecule is O=C(c1ccc(F)c(F)c1F)N1CCc2[nH][nH]c(=O)c2C1. The molecule has 2 heterocycles. The number of aromatic amines is 2. The number of carbonyl (C=O) groups is 1. The van der Waals surface area contributed by atoms with Crippen LogP contribution in [0.5, 0.6) is 0 Å². The Morgan fingerprint density at radius 2 is 1.90 bits per heavy atom. The summed E-state index contributed by atoms with van der Waals surface area (Å²) in [6.07, 6.45) is 0.394. The van der Waals surface area contributed by atoms with Crippen molar-refractivity contribution in [3.63, 3.8) is 0 Å². The number of H-pyrrole nitrogens is 2. The fourth-order valence-corrected chi connectivity index (χ4v) is 2.35. The molecule has 1 aromatic carbocycles. The van der Waals surface area contributed by atoms with Gasteiger partial charge in [-0.25, -0.2) is 13.2 Å². The molecule has 0 atom stereocenters. The van der Waals surface area contributed by atoms with Gasteiger partial charge >= 0.3 is 0 Å². The normalized spacial score (nSPS) is 14.1. The lowest BCUT2D eigenvalue weighted by Crippen LogP contribution is -2.37. The van der Waals surface area contributed by atoms with E-state index < -0.39 is 28.9 Å². The first-order valence-electron chi connectivity index (χ1n) is 6.20. The highest BCUT2D eigenvalue weighted by molar-refractivity contribution is 5.94. The van der Waals surface area contributed by atoms with Gasteiger partial charge in [0.25, 0.3) is 11.5 Å². The molecule has 0 spiro atoms. The largest absolute Gasteiger partial charge is 0.334 e. The minimum Gasteiger partial charge on any atom is -0.334 e. The van der Waals surface area contributed by atoms with Crippen LogP contribution in [0.25, 0.3) is 0 Å². The summed E-state index contributed by atoms with van der Waals surface area (Å²) >= 11 is 0. The molecule has 1 amide bonds. The average Bonchev–Trinajstić information content (AvgIpc) is 2.85. The highest BCUT2D eigenvalue weighted by Crippen LogP contribution is 2.20. The van der Waals surface area contributed by atoms with E-state index in [1.165, 1.54) is 4.90 Å². The zero-order chi connectivity index (χ0) is 15.1. The number of fused-ring (bicyclic) bond motifs is 1. The fourth-order valence-electron chi connectivity index (χ4n) is 2.35. The zero-order valence-electron chi connectivity index (χ0n) is 10.7. The van der Waals surface area contributed by atoms with Gasteiger partial charge in [-0.15, -0.1) is 0 Å². The Kier molecular flexibility index (Phi) is 3.08. The first kappa shape index (κ1) is 13.5. The molecule has 8 heteroatoms. The first-order chi connectivity index (χ1) is 9.99. The monoisotopic (exact) mass is 297 g/mol. The van der Waals surface area contributed by atoms with Gasteiger partial charge in [0.2, 0.25) is 0 Å². The van der Waals surface area contributed by atoms with Crippen molar-refractivity contribution in [2.24, 2.45) is 0 Å². The van der Waals surface area contributed by atoms with Crippen molar-refractivity contribution in [2.75, 3.05) is 6.54 Å². The van der Waals surface area contributed by atoms with Crippen molar-refractivity contribution in [3.05, 3.63) is 56.8 Å². The molecule has 0 saturated carbocycles. The third-order valence-corrected chi connectivity index (χ3v) is 3.50. The van der Waals surface area contributed by atoms with Gasteiger partial charge in [-0.05, 0) is 12.1 Å². The highest BCUT2D eigenvalue weighted by atomic mass is 19.2. The van der Waals surface area contributed by atoms with E-state index >= 15 is 0 Å². The Morgan fingerprint density at radius 3 is 2.67 bits per heavy atom. The molecule has 0 bridgehead atoms. The molecule has 110 valence electrons. The molecule has 1 aromatic heterocycles. The van der Waals surface area contributed by atoms with E-state index in [0.717, 1.165) is 6.07 Å². The Balaban J connectivity index is 1.92. The summed E-state index contributed by atoms with van der Waals surface area (Å²) < 4.78 is 39.7. The number of hydrogen-bond acceptors (Lipinski definition) is 2. The number of halogens is 3. The van der Waals surface area contributed by atoms with Crippen LogP contribution in [0.2, 0.25) is 0 Å². The van der Waals surface area contributed by atoms with Gasteiger partial charge in [0.1, 0.15) is 0 Å². The van der Waals surface area contributed by atoms with Gasteiger partial charge in [-0.3, -0.25) is 14.7 Å². The summed E-state index contributed by atoms with van der Waals surface area (Å²) in [4.78, 5) is 25.0. The third-order valence-electron chi connectivity index (χ3n) is 3.50. The zero-order valence-corrected chi connectivity index (χ0v) is 10.7. The van der Waals surface area contributed by atoms with E-state index in [2.05, 4.69) is 10.2 Å². The maximum atomic E-state index is 13.6. The molecule has 0 radical (unpaired) electrons. The van der Waals surface area contributed by atoms with Gasteiger partial charge in [-0.2, -0.15) is 0 Å². The predicted octanol–water partition coefficient (Wildman–Crippen LogP) is 1.32. The third kappa shape index (κ3) is 2.12. The molecule has 0 unspecified atom stereocenters. The number of rotatable bonds is 1. The molecule has 0 aliphatic carbocycles. The maximum absolute atomic E-state index is 13.6. The minimum atomic E-state index is -1.68. The van der Waals surface area contributed by atoms with E-state index in [1.54, 1.807) is 0 Å². The number of nitrogens with zero attached hydrogens (tertiary/aromatic N) is 1. The molecule has 5 nitrogen and oxygen atoms in total.